The molecule has 1 aliphatic heterocycles. The molecule has 3 aromatic carbocycles. The molecule has 0 amide bonds. The van der Waals surface area contributed by atoms with Gasteiger partial charge < -0.3 is 29.5 Å². The van der Waals surface area contributed by atoms with E-state index in [1.807, 2.05) is 24.3 Å². The molecule has 6 heteroatoms. The average Bonchev–Trinajstić information content (AvgIpc) is 3.52. The van der Waals surface area contributed by atoms with E-state index in [2.05, 4.69) is 26.8 Å². The van der Waals surface area contributed by atoms with Crippen LogP contribution in [0.2, 0.25) is 0 Å². The molecule has 1 spiro atoms. The predicted molar refractivity (Wildman–Crippen MR) is 194 cm³/mol. The second kappa shape index (κ2) is 14.1. The summed E-state index contributed by atoms with van der Waals surface area (Å²) in [5.41, 5.74) is 7.80. The lowest BCUT2D eigenvalue weighted by atomic mass is 9.72. The van der Waals surface area contributed by atoms with E-state index in [1.165, 1.54) is 44.1 Å². The van der Waals surface area contributed by atoms with Gasteiger partial charge in [-0.05, 0) is 127 Å². The molecule has 4 unspecified atom stereocenters. The Morgan fingerprint density at radius 1 is 0.939 bits per heavy atom. The highest BCUT2D eigenvalue weighted by Gasteiger charge is 2.41. The normalized spacial score (nSPS) is 23.9. The lowest BCUT2D eigenvalue weighted by Crippen LogP contribution is -2.33. The second-order valence-corrected chi connectivity index (χ2v) is 16.1. The Morgan fingerprint density at radius 2 is 1.73 bits per heavy atom. The third-order valence-electron chi connectivity index (χ3n) is 12.0. The molecule has 0 saturated heterocycles. The number of phenolic OH excluding ortho intramolecular Hbond substituents is 2. The second-order valence-electron chi connectivity index (χ2n) is 16.1. The Balaban J connectivity index is 1.23. The number of rotatable bonds is 10. The summed E-state index contributed by atoms with van der Waals surface area (Å²) in [7, 11) is 1.72. The van der Waals surface area contributed by atoms with Crippen LogP contribution in [0, 0.1) is 11.3 Å². The fraction of sp³-hybridized carbons (Fsp3) is 0.581. The van der Waals surface area contributed by atoms with Crippen molar-refractivity contribution < 1.29 is 29.5 Å². The zero-order valence-electron chi connectivity index (χ0n) is 30.0. The third kappa shape index (κ3) is 6.74. The maximum atomic E-state index is 11.8. The minimum absolute atomic E-state index is 0.0946. The van der Waals surface area contributed by atoms with Crippen LogP contribution >= 0.6 is 0 Å². The Kier molecular flexibility index (Phi) is 9.80. The van der Waals surface area contributed by atoms with E-state index in [9.17, 15) is 15.3 Å². The van der Waals surface area contributed by atoms with Crippen LogP contribution in [0.5, 0.6) is 28.7 Å². The van der Waals surface area contributed by atoms with Crippen molar-refractivity contribution in [1.82, 2.24) is 0 Å². The smallest absolute Gasteiger partial charge is 0.161 e. The van der Waals surface area contributed by atoms with Crippen molar-refractivity contribution in [1.29, 1.82) is 0 Å². The number of ether oxygens (including phenoxy) is 3. The first-order chi connectivity index (χ1) is 23.7. The summed E-state index contributed by atoms with van der Waals surface area (Å²) in [6.45, 7) is 6.58. The molecule has 2 fully saturated rings. The molecule has 3 N–H and O–H groups in total. The van der Waals surface area contributed by atoms with Gasteiger partial charge in [0.1, 0.15) is 23.4 Å². The van der Waals surface area contributed by atoms with Gasteiger partial charge in [-0.2, -0.15) is 0 Å². The molecule has 49 heavy (non-hydrogen) atoms. The van der Waals surface area contributed by atoms with Crippen LogP contribution in [0.25, 0.3) is 11.1 Å². The number of aliphatic hydroxyl groups excluding tert-OH is 1. The molecule has 4 aliphatic rings. The van der Waals surface area contributed by atoms with Gasteiger partial charge in [-0.25, -0.2) is 0 Å². The fourth-order valence-electron chi connectivity index (χ4n) is 9.71. The Morgan fingerprint density at radius 3 is 2.49 bits per heavy atom. The van der Waals surface area contributed by atoms with E-state index in [0.29, 0.717) is 29.3 Å². The summed E-state index contributed by atoms with van der Waals surface area (Å²) in [6.07, 6.45) is 15.0. The monoisotopic (exact) mass is 668 g/mol. The minimum Gasteiger partial charge on any atom is -0.508 e. The number of aliphatic hydroxyl groups is 1. The molecule has 6 nitrogen and oxygen atoms in total. The summed E-state index contributed by atoms with van der Waals surface area (Å²) in [6, 6.07) is 11.6. The van der Waals surface area contributed by atoms with Crippen LogP contribution in [0.15, 0.2) is 36.4 Å². The number of phenols is 2. The first-order valence-electron chi connectivity index (χ1n) is 19.1. The zero-order chi connectivity index (χ0) is 34.3. The van der Waals surface area contributed by atoms with Crippen molar-refractivity contribution in [3.05, 3.63) is 64.2 Å². The van der Waals surface area contributed by atoms with Crippen LogP contribution < -0.4 is 14.2 Å². The van der Waals surface area contributed by atoms with Crippen LogP contribution in [0.3, 0.4) is 0 Å². The molecule has 1 heterocycles. The van der Waals surface area contributed by atoms with E-state index < -0.39 is 12.2 Å². The number of fused-ring (bicyclic) bond motifs is 5. The number of unbranched alkanes of at least 4 members (excludes halogenated alkanes) is 2. The van der Waals surface area contributed by atoms with Crippen molar-refractivity contribution in [2.75, 3.05) is 7.11 Å². The number of benzene rings is 3. The lowest BCUT2D eigenvalue weighted by Gasteiger charge is -2.38. The first-order valence-corrected chi connectivity index (χ1v) is 19.1. The Bertz CT molecular complexity index is 1650. The highest BCUT2D eigenvalue weighted by atomic mass is 16.5. The van der Waals surface area contributed by atoms with Crippen LogP contribution in [-0.2, 0) is 19.3 Å². The lowest BCUT2D eigenvalue weighted by molar-refractivity contribution is 0.0197. The molecule has 3 aromatic rings. The quantitative estimate of drug-likeness (QED) is 0.186. The molecule has 2 saturated carbocycles. The largest absolute Gasteiger partial charge is 0.508 e. The van der Waals surface area contributed by atoms with Gasteiger partial charge in [0.15, 0.2) is 11.5 Å². The van der Waals surface area contributed by atoms with Crippen molar-refractivity contribution in [3.8, 4) is 39.9 Å². The number of methoxy groups -OCH3 is 1. The summed E-state index contributed by atoms with van der Waals surface area (Å²) in [5, 5.41) is 33.7. The van der Waals surface area contributed by atoms with Crippen molar-refractivity contribution in [3.63, 3.8) is 0 Å². The van der Waals surface area contributed by atoms with Crippen molar-refractivity contribution in [2.24, 2.45) is 11.3 Å². The fourth-order valence-corrected chi connectivity index (χ4v) is 9.71. The van der Waals surface area contributed by atoms with E-state index in [4.69, 9.17) is 14.2 Å². The minimum atomic E-state index is -0.771. The van der Waals surface area contributed by atoms with E-state index in [-0.39, 0.29) is 17.8 Å². The van der Waals surface area contributed by atoms with Crippen molar-refractivity contribution in [2.45, 2.75) is 141 Å². The molecule has 0 bridgehead atoms. The zero-order valence-corrected chi connectivity index (χ0v) is 30.0. The molecule has 0 radical (unpaired) electrons. The summed E-state index contributed by atoms with van der Waals surface area (Å²) in [5.74, 6) is 3.15. The molecule has 0 aromatic heterocycles. The summed E-state index contributed by atoms with van der Waals surface area (Å²) in [4.78, 5) is 0. The highest BCUT2D eigenvalue weighted by Crippen LogP contribution is 2.54. The van der Waals surface area contributed by atoms with Gasteiger partial charge in [0.2, 0.25) is 0 Å². The number of hydrogen-bond acceptors (Lipinski definition) is 6. The molecular formula is C43H56O6. The molecule has 4 atom stereocenters. The van der Waals surface area contributed by atoms with E-state index in [0.717, 1.165) is 96.2 Å². The van der Waals surface area contributed by atoms with Gasteiger partial charge in [0, 0.05) is 23.6 Å². The van der Waals surface area contributed by atoms with Gasteiger partial charge in [-0.1, -0.05) is 58.9 Å². The third-order valence-corrected chi connectivity index (χ3v) is 12.0. The van der Waals surface area contributed by atoms with Gasteiger partial charge in [-0.15, -0.1) is 0 Å². The standard InChI is InChI=1S/C43H56O6/c1-5-6-7-11-27-19-29-21-35(45)30(18-26(2)3)20-32(29)41-39(47-4)24-37-33(40(27)41)23-36(46)42(49-37)28-13-14-34(44)38(22-28)48-31-12-10-17-43(25-31)15-8-9-16-43/h13-14,20-22,24,26-27,31,36,42,44-46H,5-12,15-19,23,25H2,1-4H3. The van der Waals surface area contributed by atoms with Crippen LogP contribution in [0.1, 0.15) is 138 Å². The average molecular weight is 669 g/mol. The van der Waals surface area contributed by atoms with Gasteiger partial charge in [0.25, 0.3) is 0 Å². The maximum Gasteiger partial charge on any atom is 0.161 e. The molecular weight excluding hydrogens is 612 g/mol. The summed E-state index contributed by atoms with van der Waals surface area (Å²) < 4.78 is 19.4. The highest BCUT2D eigenvalue weighted by molar-refractivity contribution is 5.83. The predicted octanol–water partition coefficient (Wildman–Crippen LogP) is 10.1. The van der Waals surface area contributed by atoms with Crippen molar-refractivity contribution >= 4 is 0 Å². The number of aromatic hydroxyl groups is 2. The first kappa shape index (κ1) is 34.1. The van der Waals surface area contributed by atoms with Gasteiger partial charge in [-0.3, -0.25) is 0 Å². The van der Waals surface area contributed by atoms with Crippen LogP contribution in [-0.4, -0.2) is 34.6 Å². The number of hydrogen-bond donors (Lipinski definition) is 3. The topological polar surface area (TPSA) is 88.4 Å². The SMILES string of the molecule is CCCCCC1Cc2cc(O)c(CC(C)C)cc2-c2c(OC)cc3c(c21)CC(O)C(c1ccc(O)c(OC2CCCC4(CCCC4)C2)c1)O3. The van der Waals surface area contributed by atoms with Crippen LogP contribution in [0.4, 0.5) is 0 Å². The summed E-state index contributed by atoms with van der Waals surface area (Å²) >= 11 is 0. The van der Waals surface area contributed by atoms with Gasteiger partial charge >= 0.3 is 0 Å². The molecule has 3 aliphatic carbocycles. The van der Waals surface area contributed by atoms with E-state index in [1.54, 1.807) is 13.2 Å². The Hall–Kier alpha value is -3.38. The van der Waals surface area contributed by atoms with Gasteiger partial charge in [0.05, 0.1) is 19.3 Å². The molecule has 7 rings (SSSR count). The molecule has 264 valence electrons. The maximum absolute atomic E-state index is 11.8. The Labute approximate surface area is 292 Å². The van der Waals surface area contributed by atoms with E-state index >= 15 is 0 Å².